The maximum absolute atomic E-state index is 12.0. The number of rotatable bonds is 1. The normalized spacial score (nSPS) is 50.1. The lowest BCUT2D eigenvalue weighted by molar-refractivity contribution is -0.425. The SMILES string of the molecule is CC1C(=O)OC2OC(C)(OO)CCC3CCCC1C32. The van der Waals surface area contributed by atoms with Crippen molar-refractivity contribution in [3.8, 4) is 0 Å². The molecule has 0 aromatic carbocycles. The summed E-state index contributed by atoms with van der Waals surface area (Å²) in [6.07, 6.45) is 4.37. The van der Waals surface area contributed by atoms with E-state index in [0.29, 0.717) is 18.3 Å². The van der Waals surface area contributed by atoms with E-state index in [0.717, 1.165) is 25.7 Å². The molecule has 0 aromatic rings. The Balaban J connectivity index is 1.91. The van der Waals surface area contributed by atoms with Crippen molar-refractivity contribution in [3.05, 3.63) is 0 Å². The second-order valence-corrected chi connectivity index (χ2v) is 6.41. The van der Waals surface area contributed by atoms with E-state index < -0.39 is 12.1 Å². The first kappa shape index (κ1) is 13.3. The van der Waals surface area contributed by atoms with Crippen molar-refractivity contribution in [2.45, 2.75) is 58.0 Å². The van der Waals surface area contributed by atoms with Crippen LogP contribution in [0.4, 0.5) is 0 Å². The van der Waals surface area contributed by atoms with Crippen LogP contribution in [0.1, 0.15) is 46.0 Å². The quantitative estimate of drug-likeness (QED) is 0.450. The lowest BCUT2D eigenvalue weighted by Gasteiger charge is -2.46. The summed E-state index contributed by atoms with van der Waals surface area (Å²) >= 11 is 0. The molecule has 0 bridgehead atoms. The second kappa shape index (κ2) is 4.72. The fourth-order valence-corrected chi connectivity index (χ4v) is 4.09. The number of carbonyl (C=O) groups is 1. The molecule has 3 rings (SSSR count). The average Bonchev–Trinajstić information content (AvgIpc) is 2.55. The van der Waals surface area contributed by atoms with Gasteiger partial charge in [0, 0.05) is 12.3 Å². The predicted octanol–water partition coefficient (Wildman–Crippen LogP) is 2.55. The topological polar surface area (TPSA) is 65.0 Å². The molecule has 6 atom stereocenters. The molecule has 2 heterocycles. The molecule has 0 spiro atoms. The minimum Gasteiger partial charge on any atom is -0.435 e. The highest BCUT2D eigenvalue weighted by molar-refractivity contribution is 5.73. The van der Waals surface area contributed by atoms with E-state index >= 15 is 0 Å². The Labute approximate surface area is 113 Å². The third-order valence-electron chi connectivity index (χ3n) is 5.24. The largest absolute Gasteiger partial charge is 0.435 e. The molecular weight excluding hydrogens is 248 g/mol. The molecule has 5 heteroatoms. The summed E-state index contributed by atoms with van der Waals surface area (Å²) in [5.41, 5.74) is 0. The van der Waals surface area contributed by atoms with Crippen LogP contribution in [0, 0.1) is 23.7 Å². The van der Waals surface area contributed by atoms with Crippen LogP contribution in [-0.2, 0) is 19.2 Å². The summed E-state index contributed by atoms with van der Waals surface area (Å²) in [6, 6.07) is 0. The molecule has 1 aliphatic carbocycles. The summed E-state index contributed by atoms with van der Waals surface area (Å²) in [6.45, 7) is 3.66. The first-order valence-electron chi connectivity index (χ1n) is 7.25. The van der Waals surface area contributed by atoms with E-state index in [-0.39, 0.29) is 17.8 Å². The van der Waals surface area contributed by atoms with Crippen LogP contribution < -0.4 is 0 Å². The minimum absolute atomic E-state index is 0.0490. The second-order valence-electron chi connectivity index (χ2n) is 6.41. The van der Waals surface area contributed by atoms with Crippen LogP contribution >= 0.6 is 0 Å². The number of carbonyl (C=O) groups excluding carboxylic acids is 1. The number of hydrogen-bond acceptors (Lipinski definition) is 5. The van der Waals surface area contributed by atoms with Crippen LogP contribution in [0.25, 0.3) is 0 Å². The van der Waals surface area contributed by atoms with E-state index in [1.807, 2.05) is 6.92 Å². The van der Waals surface area contributed by atoms with Gasteiger partial charge < -0.3 is 9.47 Å². The Bertz CT molecular complexity index is 371. The van der Waals surface area contributed by atoms with Gasteiger partial charge in [-0.25, -0.2) is 10.1 Å². The Morgan fingerprint density at radius 1 is 1.37 bits per heavy atom. The first-order chi connectivity index (χ1) is 9.04. The zero-order chi connectivity index (χ0) is 13.6. The Morgan fingerprint density at radius 2 is 2.16 bits per heavy atom. The minimum atomic E-state index is -1.06. The zero-order valence-corrected chi connectivity index (χ0v) is 11.5. The third-order valence-corrected chi connectivity index (χ3v) is 5.24. The van der Waals surface area contributed by atoms with Crippen LogP contribution in [0.2, 0.25) is 0 Å². The molecule has 6 unspecified atom stereocenters. The lowest BCUT2D eigenvalue weighted by Crippen LogP contribution is -2.51. The van der Waals surface area contributed by atoms with Crippen molar-refractivity contribution >= 4 is 5.97 Å². The highest BCUT2D eigenvalue weighted by Gasteiger charge is 2.53. The van der Waals surface area contributed by atoms with Gasteiger partial charge in [0.2, 0.25) is 12.1 Å². The highest BCUT2D eigenvalue weighted by Crippen LogP contribution is 2.50. The Hall–Kier alpha value is -0.650. The fraction of sp³-hybridized carbons (Fsp3) is 0.929. The molecule has 3 aliphatic rings. The third kappa shape index (κ3) is 2.18. The van der Waals surface area contributed by atoms with Crippen LogP contribution in [-0.4, -0.2) is 23.3 Å². The molecule has 19 heavy (non-hydrogen) atoms. The summed E-state index contributed by atoms with van der Waals surface area (Å²) in [4.78, 5) is 16.5. The Morgan fingerprint density at radius 3 is 2.89 bits per heavy atom. The molecule has 5 nitrogen and oxygen atoms in total. The number of esters is 1. The summed E-state index contributed by atoms with van der Waals surface area (Å²) in [5.74, 6) is -0.213. The standard InChI is InChI=1S/C14H22O5/c1-8-10-5-3-4-9-6-7-14(2,19-16)18-13(11(9)10)17-12(8)15/h8-11,13,16H,3-7H2,1-2H3. The van der Waals surface area contributed by atoms with E-state index in [1.54, 1.807) is 6.92 Å². The predicted molar refractivity (Wildman–Crippen MR) is 65.8 cm³/mol. The molecule has 108 valence electrons. The van der Waals surface area contributed by atoms with Crippen molar-refractivity contribution in [2.24, 2.45) is 23.7 Å². The first-order valence-corrected chi connectivity index (χ1v) is 7.25. The van der Waals surface area contributed by atoms with Gasteiger partial charge in [0.15, 0.2) is 0 Å². The van der Waals surface area contributed by atoms with E-state index in [4.69, 9.17) is 14.7 Å². The van der Waals surface area contributed by atoms with E-state index in [2.05, 4.69) is 4.89 Å². The van der Waals surface area contributed by atoms with Crippen LogP contribution in [0.5, 0.6) is 0 Å². The smallest absolute Gasteiger partial charge is 0.311 e. The lowest BCUT2D eigenvalue weighted by atomic mass is 9.65. The van der Waals surface area contributed by atoms with Crippen molar-refractivity contribution < 1.29 is 24.4 Å². The Kier molecular flexibility index (Phi) is 3.31. The maximum Gasteiger partial charge on any atom is 0.311 e. The van der Waals surface area contributed by atoms with Crippen molar-refractivity contribution in [3.63, 3.8) is 0 Å². The van der Waals surface area contributed by atoms with Gasteiger partial charge in [-0.3, -0.25) is 4.79 Å². The molecule has 0 radical (unpaired) electrons. The van der Waals surface area contributed by atoms with Crippen molar-refractivity contribution in [1.82, 2.24) is 0 Å². The molecule has 1 N–H and O–H groups in total. The monoisotopic (exact) mass is 270 g/mol. The van der Waals surface area contributed by atoms with Crippen molar-refractivity contribution in [2.75, 3.05) is 0 Å². The number of ether oxygens (including phenoxy) is 2. The molecule has 1 saturated carbocycles. The number of hydrogen-bond donors (Lipinski definition) is 1. The van der Waals surface area contributed by atoms with Gasteiger partial charge in [0.25, 0.3) is 0 Å². The maximum atomic E-state index is 12.0. The van der Waals surface area contributed by atoms with Gasteiger partial charge >= 0.3 is 5.97 Å². The molecule has 2 saturated heterocycles. The van der Waals surface area contributed by atoms with Crippen molar-refractivity contribution in [1.29, 1.82) is 0 Å². The van der Waals surface area contributed by atoms with Gasteiger partial charge in [-0.15, -0.1) is 0 Å². The summed E-state index contributed by atoms with van der Waals surface area (Å²) in [7, 11) is 0. The van der Waals surface area contributed by atoms with Gasteiger partial charge in [-0.2, -0.15) is 0 Å². The molecule has 2 aliphatic heterocycles. The van der Waals surface area contributed by atoms with Gasteiger partial charge in [-0.05, 0) is 38.0 Å². The van der Waals surface area contributed by atoms with Gasteiger partial charge in [0.05, 0.1) is 5.92 Å². The molecule has 0 amide bonds. The summed E-state index contributed by atoms with van der Waals surface area (Å²) < 4.78 is 11.3. The fourth-order valence-electron chi connectivity index (χ4n) is 4.09. The molecular formula is C14H22O5. The van der Waals surface area contributed by atoms with Crippen LogP contribution in [0.3, 0.4) is 0 Å². The van der Waals surface area contributed by atoms with Crippen LogP contribution in [0.15, 0.2) is 0 Å². The van der Waals surface area contributed by atoms with E-state index in [9.17, 15) is 4.79 Å². The molecule has 3 fully saturated rings. The van der Waals surface area contributed by atoms with Gasteiger partial charge in [0.1, 0.15) is 0 Å². The average molecular weight is 270 g/mol. The van der Waals surface area contributed by atoms with Gasteiger partial charge in [-0.1, -0.05) is 13.3 Å². The molecule has 0 aromatic heterocycles. The zero-order valence-electron chi connectivity index (χ0n) is 11.5. The highest BCUT2D eigenvalue weighted by atomic mass is 17.1. The summed E-state index contributed by atoms with van der Waals surface area (Å²) in [5, 5.41) is 9.06. The van der Waals surface area contributed by atoms with E-state index in [1.165, 1.54) is 0 Å².